The first-order valence-corrected chi connectivity index (χ1v) is 7.99. The molecule has 0 unspecified atom stereocenters. The van der Waals surface area contributed by atoms with Crippen LogP contribution in [0.2, 0.25) is 0 Å². The standard InChI is InChI=1S/C16H24N4O/c17-15-12-13(4-7-18-15)16(21)20-10-5-14(6-11-20)19-8-2-1-3-9-19/h4,7,12,14H,1-3,5-6,8-11H2,(H2,17,18). The van der Waals surface area contributed by atoms with Gasteiger partial charge in [-0.3, -0.25) is 4.79 Å². The maximum Gasteiger partial charge on any atom is 0.254 e. The summed E-state index contributed by atoms with van der Waals surface area (Å²) < 4.78 is 0. The molecule has 1 aromatic heterocycles. The van der Waals surface area contributed by atoms with E-state index in [2.05, 4.69) is 9.88 Å². The number of rotatable bonds is 2. The van der Waals surface area contributed by atoms with Gasteiger partial charge in [0.2, 0.25) is 0 Å². The highest BCUT2D eigenvalue weighted by Crippen LogP contribution is 2.22. The van der Waals surface area contributed by atoms with Crippen LogP contribution in [0.15, 0.2) is 18.3 Å². The van der Waals surface area contributed by atoms with Crippen molar-refractivity contribution >= 4 is 11.7 Å². The normalized spacial score (nSPS) is 21.4. The van der Waals surface area contributed by atoms with Gasteiger partial charge in [-0.1, -0.05) is 6.42 Å². The summed E-state index contributed by atoms with van der Waals surface area (Å²) in [5.74, 6) is 0.491. The third-order valence-corrected chi connectivity index (χ3v) is 4.69. The zero-order valence-electron chi connectivity index (χ0n) is 12.5. The van der Waals surface area contributed by atoms with E-state index in [0.717, 1.165) is 25.9 Å². The summed E-state index contributed by atoms with van der Waals surface area (Å²) in [6.07, 6.45) is 7.81. The SMILES string of the molecule is Nc1cc(C(=O)N2CCC(N3CCCCC3)CC2)ccn1. The van der Waals surface area contributed by atoms with Gasteiger partial charge in [0.15, 0.2) is 0 Å². The molecule has 2 saturated heterocycles. The van der Waals surface area contributed by atoms with Crippen LogP contribution in [0.25, 0.3) is 0 Å². The van der Waals surface area contributed by atoms with Crippen LogP contribution < -0.4 is 5.73 Å². The Balaban J connectivity index is 1.56. The Morgan fingerprint density at radius 3 is 2.52 bits per heavy atom. The van der Waals surface area contributed by atoms with Crippen LogP contribution in [-0.4, -0.2) is 52.9 Å². The molecular formula is C16H24N4O. The van der Waals surface area contributed by atoms with Crippen LogP contribution in [0.1, 0.15) is 42.5 Å². The van der Waals surface area contributed by atoms with Crippen LogP contribution in [0, 0.1) is 0 Å². The molecule has 2 aliphatic heterocycles. The van der Waals surface area contributed by atoms with Crippen molar-refractivity contribution < 1.29 is 4.79 Å². The summed E-state index contributed by atoms with van der Waals surface area (Å²) in [6, 6.07) is 4.07. The van der Waals surface area contributed by atoms with Gasteiger partial charge in [-0.25, -0.2) is 4.98 Å². The zero-order valence-corrected chi connectivity index (χ0v) is 12.5. The highest BCUT2D eigenvalue weighted by atomic mass is 16.2. The number of carbonyl (C=O) groups is 1. The van der Waals surface area contributed by atoms with Gasteiger partial charge in [0.1, 0.15) is 5.82 Å². The smallest absolute Gasteiger partial charge is 0.254 e. The third kappa shape index (κ3) is 3.35. The number of hydrogen-bond acceptors (Lipinski definition) is 4. The summed E-state index contributed by atoms with van der Waals surface area (Å²) in [7, 11) is 0. The molecule has 2 N–H and O–H groups in total. The van der Waals surface area contributed by atoms with Gasteiger partial charge in [0.25, 0.3) is 5.91 Å². The first kappa shape index (κ1) is 14.3. The minimum absolute atomic E-state index is 0.0844. The van der Waals surface area contributed by atoms with E-state index in [4.69, 9.17) is 5.73 Å². The highest BCUT2D eigenvalue weighted by molar-refractivity contribution is 5.94. The fourth-order valence-electron chi connectivity index (χ4n) is 3.48. The number of nitrogen functional groups attached to an aromatic ring is 1. The molecule has 0 bridgehead atoms. The van der Waals surface area contributed by atoms with E-state index in [1.165, 1.54) is 32.4 Å². The maximum absolute atomic E-state index is 12.5. The van der Waals surface area contributed by atoms with E-state index in [1.54, 1.807) is 18.3 Å². The third-order valence-electron chi connectivity index (χ3n) is 4.69. The Labute approximate surface area is 126 Å². The van der Waals surface area contributed by atoms with Gasteiger partial charge in [-0.2, -0.15) is 0 Å². The van der Waals surface area contributed by atoms with Crippen molar-refractivity contribution in [3.8, 4) is 0 Å². The van der Waals surface area contributed by atoms with E-state index in [1.807, 2.05) is 4.90 Å². The zero-order chi connectivity index (χ0) is 14.7. The monoisotopic (exact) mass is 288 g/mol. The average Bonchev–Trinajstić information content (AvgIpc) is 2.55. The molecule has 3 rings (SSSR count). The summed E-state index contributed by atoms with van der Waals surface area (Å²) in [6.45, 7) is 4.17. The topological polar surface area (TPSA) is 62.5 Å². The molecule has 21 heavy (non-hydrogen) atoms. The fourth-order valence-corrected chi connectivity index (χ4v) is 3.48. The Bertz CT molecular complexity index is 491. The lowest BCUT2D eigenvalue weighted by Gasteiger charge is -2.40. The molecule has 1 amide bonds. The van der Waals surface area contributed by atoms with Gasteiger partial charge in [-0.05, 0) is 50.9 Å². The number of hydrogen-bond donors (Lipinski definition) is 1. The van der Waals surface area contributed by atoms with Gasteiger partial charge >= 0.3 is 0 Å². The van der Waals surface area contributed by atoms with Crippen molar-refractivity contribution in [3.63, 3.8) is 0 Å². The van der Waals surface area contributed by atoms with Crippen LogP contribution >= 0.6 is 0 Å². The van der Waals surface area contributed by atoms with E-state index in [9.17, 15) is 4.79 Å². The van der Waals surface area contributed by atoms with Crippen LogP contribution in [0.5, 0.6) is 0 Å². The summed E-state index contributed by atoms with van der Waals surface area (Å²) in [5, 5.41) is 0. The number of nitrogens with two attached hydrogens (primary N) is 1. The van der Waals surface area contributed by atoms with Crippen molar-refractivity contribution in [1.29, 1.82) is 0 Å². The number of piperidine rings is 2. The lowest BCUT2D eigenvalue weighted by Crippen LogP contribution is -2.48. The van der Waals surface area contributed by atoms with Crippen LogP contribution in [0.3, 0.4) is 0 Å². The molecule has 0 spiro atoms. The molecule has 2 fully saturated rings. The van der Waals surface area contributed by atoms with Crippen molar-refractivity contribution in [2.45, 2.75) is 38.1 Å². The number of carbonyl (C=O) groups excluding carboxylic acids is 1. The first-order valence-electron chi connectivity index (χ1n) is 7.99. The van der Waals surface area contributed by atoms with E-state index >= 15 is 0 Å². The van der Waals surface area contributed by atoms with E-state index in [-0.39, 0.29) is 5.91 Å². The van der Waals surface area contributed by atoms with Crippen LogP contribution in [0.4, 0.5) is 5.82 Å². The van der Waals surface area contributed by atoms with E-state index in [0.29, 0.717) is 17.4 Å². The van der Waals surface area contributed by atoms with Gasteiger partial charge in [0.05, 0.1) is 0 Å². The van der Waals surface area contributed by atoms with Gasteiger partial charge in [0, 0.05) is 30.9 Å². The Hall–Kier alpha value is -1.62. The number of nitrogens with zero attached hydrogens (tertiary/aromatic N) is 3. The molecule has 114 valence electrons. The minimum Gasteiger partial charge on any atom is -0.384 e. The van der Waals surface area contributed by atoms with Crippen molar-refractivity contribution in [1.82, 2.24) is 14.8 Å². The second kappa shape index (κ2) is 6.43. The molecule has 2 aliphatic rings. The number of aromatic nitrogens is 1. The summed E-state index contributed by atoms with van der Waals surface area (Å²) in [5.41, 5.74) is 6.31. The minimum atomic E-state index is 0.0844. The molecular weight excluding hydrogens is 264 g/mol. The molecule has 0 aliphatic carbocycles. The van der Waals surface area contributed by atoms with Gasteiger partial charge in [-0.15, -0.1) is 0 Å². The molecule has 0 saturated carbocycles. The second-order valence-electron chi connectivity index (χ2n) is 6.09. The molecule has 0 atom stereocenters. The highest BCUT2D eigenvalue weighted by Gasteiger charge is 2.28. The number of amides is 1. The first-order chi connectivity index (χ1) is 10.2. The lowest BCUT2D eigenvalue weighted by atomic mass is 9.99. The summed E-state index contributed by atoms with van der Waals surface area (Å²) >= 11 is 0. The molecule has 0 radical (unpaired) electrons. The molecule has 3 heterocycles. The maximum atomic E-state index is 12.5. The summed E-state index contributed by atoms with van der Waals surface area (Å²) in [4.78, 5) is 21.0. The van der Waals surface area contributed by atoms with Crippen molar-refractivity contribution in [2.24, 2.45) is 0 Å². The molecule has 1 aromatic rings. The Morgan fingerprint density at radius 1 is 1.14 bits per heavy atom. The molecule has 5 heteroatoms. The predicted molar refractivity (Wildman–Crippen MR) is 83.0 cm³/mol. The number of likely N-dealkylation sites (tertiary alicyclic amines) is 2. The Kier molecular flexibility index (Phi) is 4.39. The Morgan fingerprint density at radius 2 is 1.86 bits per heavy atom. The van der Waals surface area contributed by atoms with Crippen molar-refractivity contribution in [3.05, 3.63) is 23.9 Å². The lowest BCUT2D eigenvalue weighted by molar-refractivity contribution is 0.0590. The quantitative estimate of drug-likeness (QED) is 0.900. The van der Waals surface area contributed by atoms with Crippen molar-refractivity contribution in [2.75, 3.05) is 31.9 Å². The predicted octanol–water partition coefficient (Wildman–Crippen LogP) is 1.75. The molecule has 0 aromatic carbocycles. The average molecular weight is 288 g/mol. The van der Waals surface area contributed by atoms with Crippen LogP contribution in [-0.2, 0) is 0 Å². The largest absolute Gasteiger partial charge is 0.384 e. The van der Waals surface area contributed by atoms with Gasteiger partial charge < -0.3 is 15.5 Å². The fraction of sp³-hybridized carbons (Fsp3) is 0.625. The molecule has 5 nitrogen and oxygen atoms in total. The number of pyridine rings is 1. The van der Waals surface area contributed by atoms with E-state index < -0.39 is 0 Å². The number of anilines is 1. The second-order valence-corrected chi connectivity index (χ2v) is 6.09.